The number of nitrogens with zero attached hydrogens (tertiary/aromatic N) is 3. The number of hydrogen-bond donors (Lipinski definition) is 1. The number of amides is 1. The van der Waals surface area contributed by atoms with Crippen LogP contribution in [0.3, 0.4) is 0 Å². The fourth-order valence-electron chi connectivity index (χ4n) is 4.96. The van der Waals surface area contributed by atoms with Crippen LogP contribution in [0.25, 0.3) is 22.1 Å². The quantitative estimate of drug-likeness (QED) is 0.374. The number of aromatic nitrogens is 2. The number of carboxylic acid groups (broad SMARTS) is 1. The Kier molecular flexibility index (Phi) is 7.61. The van der Waals surface area contributed by atoms with E-state index in [0.717, 1.165) is 59.0 Å². The molecular formula is C27H36N3O4Si. The number of piperidine rings is 1. The third-order valence-corrected chi connectivity index (χ3v) is 7.53. The van der Waals surface area contributed by atoms with E-state index in [2.05, 4.69) is 56.1 Å². The largest absolute Gasteiger partial charge is 0.465 e. The summed E-state index contributed by atoms with van der Waals surface area (Å²) in [4.78, 5) is 16.9. The molecule has 1 atom stereocenters. The minimum Gasteiger partial charge on any atom is -0.465 e. The zero-order chi connectivity index (χ0) is 25.2. The first-order valence-electron chi connectivity index (χ1n) is 12.4. The van der Waals surface area contributed by atoms with E-state index in [0.29, 0.717) is 19.0 Å². The highest BCUT2D eigenvalue weighted by Crippen LogP contribution is 2.45. The molecule has 1 N–H and O–H groups in total. The van der Waals surface area contributed by atoms with Crippen LogP contribution in [0.5, 0.6) is 0 Å². The second-order valence-corrected chi connectivity index (χ2v) is 12.8. The van der Waals surface area contributed by atoms with Gasteiger partial charge in [-0.05, 0) is 79.4 Å². The van der Waals surface area contributed by atoms with E-state index < -0.39 is 15.1 Å². The van der Waals surface area contributed by atoms with Gasteiger partial charge in [0.15, 0.2) is 5.58 Å². The van der Waals surface area contributed by atoms with Crippen LogP contribution in [0.15, 0.2) is 41.2 Å². The average Bonchev–Trinajstić information content (AvgIpc) is 3.24. The number of carbonyl (C=O) groups is 1. The summed E-state index contributed by atoms with van der Waals surface area (Å²) in [7, 11) is -0.977. The van der Waals surface area contributed by atoms with Gasteiger partial charge in [-0.25, -0.2) is 4.79 Å². The van der Waals surface area contributed by atoms with Crippen molar-refractivity contribution in [2.24, 2.45) is 11.3 Å². The number of aryl methyl sites for hydroxylation is 1. The number of benzene rings is 1. The predicted molar refractivity (Wildman–Crippen MR) is 139 cm³/mol. The van der Waals surface area contributed by atoms with Crippen LogP contribution in [0.4, 0.5) is 4.79 Å². The molecule has 1 aliphatic rings. The highest BCUT2D eigenvalue weighted by molar-refractivity contribution is 6.48. The van der Waals surface area contributed by atoms with Crippen LogP contribution in [0.2, 0.25) is 13.1 Å². The Morgan fingerprint density at radius 3 is 2.49 bits per heavy atom. The highest BCUT2D eigenvalue weighted by atomic mass is 28.3. The van der Waals surface area contributed by atoms with E-state index in [1.165, 1.54) is 4.90 Å². The minimum atomic E-state index is -0.977. The van der Waals surface area contributed by atoms with E-state index in [4.69, 9.17) is 8.95 Å². The van der Waals surface area contributed by atoms with Crippen LogP contribution >= 0.6 is 0 Å². The van der Waals surface area contributed by atoms with Crippen molar-refractivity contribution in [3.05, 3.63) is 47.9 Å². The SMILES string of the molecule is C[Si](C)OC(c1c(-c2ccncc2)ccc2c(CCC3CCN(C(=O)O)CC3)noc12)C(C)(C)C. The van der Waals surface area contributed by atoms with Crippen molar-refractivity contribution in [3.8, 4) is 11.1 Å². The van der Waals surface area contributed by atoms with Crippen molar-refractivity contribution in [3.63, 3.8) is 0 Å². The summed E-state index contributed by atoms with van der Waals surface area (Å²) >= 11 is 0. The summed E-state index contributed by atoms with van der Waals surface area (Å²) < 4.78 is 12.7. The topological polar surface area (TPSA) is 88.7 Å². The van der Waals surface area contributed by atoms with Crippen LogP contribution in [0, 0.1) is 11.3 Å². The lowest BCUT2D eigenvalue weighted by Crippen LogP contribution is -2.37. The smallest absolute Gasteiger partial charge is 0.407 e. The fraction of sp³-hybridized carbons (Fsp3) is 0.519. The molecule has 4 rings (SSSR count). The van der Waals surface area contributed by atoms with Crippen molar-refractivity contribution >= 4 is 26.1 Å². The maximum Gasteiger partial charge on any atom is 0.407 e. The van der Waals surface area contributed by atoms with Crippen LogP contribution < -0.4 is 0 Å². The molecule has 1 saturated heterocycles. The summed E-state index contributed by atoms with van der Waals surface area (Å²) in [5.41, 5.74) is 4.86. The molecule has 0 aliphatic carbocycles. The second kappa shape index (κ2) is 10.5. The molecule has 1 radical (unpaired) electrons. The van der Waals surface area contributed by atoms with E-state index >= 15 is 0 Å². The molecule has 8 heteroatoms. The molecule has 1 unspecified atom stereocenters. The molecular weight excluding hydrogens is 458 g/mol. The molecule has 3 heterocycles. The monoisotopic (exact) mass is 494 g/mol. The number of likely N-dealkylation sites (tertiary alicyclic amines) is 1. The lowest BCUT2D eigenvalue weighted by Gasteiger charge is -2.34. The van der Waals surface area contributed by atoms with Gasteiger partial charge in [0, 0.05) is 36.4 Å². The molecule has 35 heavy (non-hydrogen) atoms. The maximum absolute atomic E-state index is 11.2. The normalized spacial score (nSPS) is 16.2. The first-order chi connectivity index (χ1) is 16.6. The molecule has 2 aromatic heterocycles. The Morgan fingerprint density at radius 2 is 1.89 bits per heavy atom. The Hall–Kier alpha value is -2.71. The minimum absolute atomic E-state index is 0.136. The zero-order valence-corrected chi connectivity index (χ0v) is 22.4. The molecule has 1 amide bonds. The summed E-state index contributed by atoms with van der Waals surface area (Å²) in [6, 6.07) is 8.33. The van der Waals surface area contributed by atoms with Crippen molar-refractivity contribution < 1.29 is 18.9 Å². The number of fused-ring (bicyclic) bond motifs is 1. The van der Waals surface area contributed by atoms with Gasteiger partial charge < -0.3 is 19.0 Å². The van der Waals surface area contributed by atoms with Crippen molar-refractivity contribution in [1.82, 2.24) is 15.0 Å². The standard InChI is InChI=1S/C27H36N3O4Si/c1-27(2,3)25(34-35(4)5)23-20(19-10-14-28-15-11-19)7-8-21-22(29-33-24(21)23)9-6-18-12-16-30(17-13-18)26(31)32/h7-8,10-11,14-15,18,25H,6,9,12-13,16-17H2,1-5H3,(H,31,32). The van der Waals surface area contributed by atoms with Gasteiger partial charge >= 0.3 is 6.09 Å². The van der Waals surface area contributed by atoms with E-state index in [1.807, 2.05) is 24.5 Å². The van der Waals surface area contributed by atoms with E-state index in [9.17, 15) is 9.90 Å². The molecule has 1 aliphatic heterocycles. The number of pyridine rings is 1. The Labute approximate surface area is 209 Å². The molecule has 187 valence electrons. The highest BCUT2D eigenvalue weighted by Gasteiger charge is 2.34. The third-order valence-electron chi connectivity index (χ3n) is 6.82. The van der Waals surface area contributed by atoms with Gasteiger partial charge in [-0.3, -0.25) is 4.98 Å². The van der Waals surface area contributed by atoms with Crippen molar-refractivity contribution in [2.45, 2.75) is 65.7 Å². The molecule has 0 spiro atoms. The van der Waals surface area contributed by atoms with Crippen LogP contribution in [-0.4, -0.2) is 48.4 Å². The molecule has 3 aromatic rings. The summed E-state index contributed by atoms with van der Waals surface area (Å²) in [6.45, 7) is 12.2. The van der Waals surface area contributed by atoms with Gasteiger partial charge in [-0.2, -0.15) is 0 Å². The van der Waals surface area contributed by atoms with Gasteiger partial charge in [-0.1, -0.05) is 32.0 Å². The number of rotatable bonds is 7. The van der Waals surface area contributed by atoms with Crippen LogP contribution in [0.1, 0.15) is 57.4 Å². The van der Waals surface area contributed by atoms with Crippen LogP contribution in [-0.2, 0) is 10.8 Å². The van der Waals surface area contributed by atoms with Crippen molar-refractivity contribution in [2.75, 3.05) is 13.1 Å². The molecule has 1 fully saturated rings. The summed E-state index contributed by atoms with van der Waals surface area (Å²) in [5, 5.41) is 14.8. The van der Waals surface area contributed by atoms with Crippen molar-refractivity contribution in [1.29, 1.82) is 0 Å². The average molecular weight is 495 g/mol. The summed E-state index contributed by atoms with van der Waals surface area (Å²) in [5.74, 6) is 0.504. The first-order valence-corrected chi connectivity index (χ1v) is 14.8. The third kappa shape index (κ3) is 5.75. The van der Waals surface area contributed by atoms with Gasteiger partial charge in [0.2, 0.25) is 9.04 Å². The van der Waals surface area contributed by atoms with E-state index in [-0.39, 0.29) is 11.5 Å². The molecule has 7 nitrogen and oxygen atoms in total. The molecule has 0 saturated carbocycles. The van der Waals surface area contributed by atoms with Gasteiger partial charge in [0.1, 0.15) is 0 Å². The summed E-state index contributed by atoms with van der Waals surface area (Å²) in [6.07, 6.45) is 6.26. The van der Waals surface area contributed by atoms with Gasteiger partial charge in [-0.15, -0.1) is 0 Å². The first kappa shape index (κ1) is 25.4. The zero-order valence-electron chi connectivity index (χ0n) is 21.4. The Balaban J connectivity index is 1.68. The lowest BCUT2D eigenvalue weighted by atomic mass is 9.81. The van der Waals surface area contributed by atoms with Gasteiger partial charge in [0.25, 0.3) is 0 Å². The Morgan fingerprint density at radius 1 is 1.20 bits per heavy atom. The molecule has 1 aromatic carbocycles. The fourth-order valence-corrected chi connectivity index (χ4v) is 5.90. The molecule has 0 bridgehead atoms. The number of hydrogen-bond acceptors (Lipinski definition) is 5. The van der Waals surface area contributed by atoms with E-state index in [1.54, 1.807) is 0 Å². The maximum atomic E-state index is 11.2. The Bertz CT molecular complexity index is 1150. The second-order valence-electron chi connectivity index (χ2n) is 10.8. The van der Waals surface area contributed by atoms with Gasteiger partial charge in [0.05, 0.1) is 11.8 Å². The lowest BCUT2D eigenvalue weighted by molar-refractivity contribution is 0.0872. The predicted octanol–water partition coefficient (Wildman–Crippen LogP) is 6.57.